The Hall–Kier alpha value is -1.78. The highest BCUT2D eigenvalue weighted by Crippen LogP contribution is 2.17. The molecule has 102 valence electrons. The summed E-state index contributed by atoms with van der Waals surface area (Å²) in [5.74, 6) is 2.50. The van der Waals surface area contributed by atoms with Gasteiger partial charge in [-0.05, 0) is 30.7 Å². The van der Waals surface area contributed by atoms with Crippen molar-refractivity contribution < 1.29 is 13.9 Å². The first-order valence-electron chi connectivity index (χ1n) is 6.22. The lowest BCUT2D eigenvalue weighted by atomic mass is 10.2. The van der Waals surface area contributed by atoms with Crippen LogP contribution in [0.2, 0.25) is 0 Å². The van der Waals surface area contributed by atoms with Crippen LogP contribution in [0, 0.1) is 6.92 Å². The maximum Gasteiger partial charge on any atom is 0.130 e. The minimum Gasteiger partial charge on any atom is -0.497 e. The molecule has 2 N–H and O–H groups in total. The molecule has 1 aromatic carbocycles. The quantitative estimate of drug-likeness (QED) is 0.868. The number of rotatable bonds is 6. The highest BCUT2D eigenvalue weighted by atomic mass is 16.5. The van der Waals surface area contributed by atoms with E-state index >= 15 is 0 Å². The highest BCUT2D eigenvalue weighted by molar-refractivity contribution is 5.28. The molecule has 0 bridgehead atoms. The Morgan fingerprint density at radius 1 is 1.21 bits per heavy atom. The molecule has 0 amide bonds. The van der Waals surface area contributed by atoms with E-state index in [0.29, 0.717) is 19.8 Å². The van der Waals surface area contributed by atoms with Gasteiger partial charge in [-0.2, -0.15) is 0 Å². The van der Waals surface area contributed by atoms with Gasteiger partial charge in [0.2, 0.25) is 0 Å². The van der Waals surface area contributed by atoms with Crippen LogP contribution in [0.15, 0.2) is 34.7 Å². The highest BCUT2D eigenvalue weighted by Gasteiger charge is 2.06. The van der Waals surface area contributed by atoms with Gasteiger partial charge in [0.05, 0.1) is 13.7 Å². The maximum atomic E-state index is 5.63. The molecule has 0 aliphatic heterocycles. The maximum absolute atomic E-state index is 5.63. The van der Waals surface area contributed by atoms with E-state index in [2.05, 4.69) is 0 Å². The Morgan fingerprint density at radius 2 is 2.05 bits per heavy atom. The molecule has 0 aliphatic rings. The third-order valence-electron chi connectivity index (χ3n) is 2.94. The normalized spacial score (nSPS) is 10.7. The first-order valence-corrected chi connectivity index (χ1v) is 6.22. The van der Waals surface area contributed by atoms with Crippen molar-refractivity contribution in [3.63, 3.8) is 0 Å². The van der Waals surface area contributed by atoms with E-state index in [1.54, 1.807) is 7.11 Å². The largest absolute Gasteiger partial charge is 0.497 e. The van der Waals surface area contributed by atoms with Gasteiger partial charge in [0, 0.05) is 12.1 Å². The van der Waals surface area contributed by atoms with Crippen LogP contribution in [0.1, 0.15) is 22.6 Å². The van der Waals surface area contributed by atoms with Gasteiger partial charge < -0.3 is 19.6 Å². The molecule has 1 heterocycles. The number of hydrogen-bond donors (Lipinski definition) is 1. The lowest BCUT2D eigenvalue weighted by Crippen LogP contribution is -1.95. The van der Waals surface area contributed by atoms with Crippen LogP contribution in [0.5, 0.6) is 5.75 Å². The number of aryl methyl sites for hydroxylation is 1. The van der Waals surface area contributed by atoms with Gasteiger partial charge in [0.15, 0.2) is 0 Å². The van der Waals surface area contributed by atoms with Crippen molar-refractivity contribution >= 4 is 0 Å². The molecule has 0 aliphatic carbocycles. The summed E-state index contributed by atoms with van der Waals surface area (Å²) >= 11 is 0. The van der Waals surface area contributed by atoms with Gasteiger partial charge in [-0.3, -0.25) is 0 Å². The van der Waals surface area contributed by atoms with Crippen LogP contribution in [0.4, 0.5) is 0 Å². The predicted octanol–water partition coefficient (Wildman–Crippen LogP) is 2.77. The first-order chi connectivity index (χ1) is 9.22. The topological polar surface area (TPSA) is 57.6 Å². The molecule has 0 saturated heterocycles. The first kappa shape index (κ1) is 13.6. The second-order valence-corrected chi connectivity index (χ2v) is 4.34. The van der Waals surface area contributed by atoms with Gasteiger partial charge in [0.1, 0.15) is 23.9 Å². The van der Waals surface area contributed by atoms with E-state index in [9.17, 15) is 0 Å². The number of methoxy groups -OCH3 is 1. The van der Waals surface area contributed by atoms with Crippen LogP contribution < -0.4 is 10.5 Å². The predicted molar refractivity (Wildman–Crippen MR) is 72.8 cm³/mol. The number of benzene rings is 1. The lowest BCUT2D eigenvalue weighted by Gasteiger charge is -2.05. The fourth-order valence-electron chi connectivity index (χ4n) is 1.89. The van der Waals surface area contributed by atoms with E-state index in [1.165, 1.54) is 0 Å². The molecule has 2 aromatic rings. The van der Waals surface area contributed by atoms with Crippen molar-refractivity contribution in [2.45, 2.75) is 26.7 Å². The molecular weight excluding hydrogens is 242 g/mol. The lowest BCUT2D eigenvalue weighted by molar-refractivity contribution is 0.0922. The third kappa shape index (κ3) is 3.59. The number of nitrogens with two attached hydrogens (primary N) is 1. The van der Waals surface area contributed by atoms with Gasteiger partial charge in [-0.15, -0.1) is 0 Å². The molecule has 0 unspecified atom stereocenters. The molecule has 2 rings (SSSR count). The average molecular weight is 261 g/mol. The van der Waals surface area contributed by atoms with E-state index in [-0.39, 0.29) is 0 Å². The number of furan rings is 1. The van der Waals surface area contributed by atoms with Gasteiger partial charge in [-0.25, -0.2) is 0 Å². The Kier molecular flexibility index (Phi) is 4.60. The Labute approximate surface area is 113 Å². The van der Waals surface area contributed by atoms with Crippen molar-refractivity contribution in [1.82, 2.24) is 0 Å². The molecule has 0 fully saturated rings. The summed E-state index contributed by atoms with van der Waals surface area (Å²) in [5.41, 5.74) is 7.70. The summed E-state index contributed by atoms with van der Waals surface area (Å²) in [6, 6.07) is 9.76. The smallest absolute Gasteiger partial charge is 0.130 e. The minimum atomic E-state index is 0.443. The van der Waals surface area contributed by atoms with Crippen LogP contribution in [-0.2, 0) is 24.5 Å². The van der Waals surface area contributed by atoms with Crippen molar-refractivity contribution in [3.05, 3.63) is 53.0 Å². The average Bonchev–Trinajstić information content (AvgIpc) is 2.79. The Bertz CT molecular complexity index is 534. The van der Waals surface area contributed by atoms with Gasteiger partial charge >= 0.3 is 0 Å². The zero-order valence-corrected chi connectivity index (χ0v) is 11.3. The third-order valence-corrected chi connectivity index (χ3v) is 2.94. The number of hydrogen-bond acceptors (Lipinski definition) is 4. The SMILES string of the molecule is COc1cccc(COCc2cc(CN)c(C)o2)c1. The number of ether oxygens (including phenoxy) is 2. The van der Waals surface area contributed by atoms with E-state index in [1.807, 2.05) is 37.3 Å². The van der Waals surface area contributed by atoms with Crippen LogP contribution in [0.25, 0.3) is 0 Å². The molecule has 0 atom stereocenters. The molecule has 4 heteroatoms. The zero-order chi connectivity index (χ0) is 13.7. The van der Waals surface area contributed by atoms with Crippen molar-refractivity contribution in [3.8, 4) is 5.75 Å². The molecule has 1 aromatic heterocycles. The summed E-state index contributed by atoms with van der Waals surface area (Å²) in [5, 5.41) is 0. The molecule has 19 heavy (non-hydrogen) atoms. The van der Waals surface area contributed by atoms with Crippen LogP contribution in [-0.4, -0.2) is 7.11 Å². The molecular formula is C15H19NO3. The summed E-state index contributed by atoms with van der Waals surface area (Å²) in [4.78, 5) is 0. The Balaban J connectivity index is 1.88. The van der Waals surface area contributed by atoms with E-state index < -0.39 is 0 Å². The summed E-state index contributed by atoms with van der Waals surface area (Å²) in [6.07, 6.45) is 0. The summed E-state index contributed by atoms with van der Waals surface area (Å²) in [6.45, 7) is 3.37. The second-order valence-electron chi connectivity index (χ2n) is 4.34. The summed E-state index contributed by atoms with van der Waals surface area (Å²) < 4.78 is 16.4. The van der Waals surface area contributed by atoms with Gasteiger partial charge in [-0.1, -0.05) is 12.1 Å². The van der Waals surface area contributed by atoms with Crippen molar-refractivity contribution in [2.75, 3.05) is 7.11 Å². The molecule has 0 radical (unpaired) electrons. The zero-order valence-electron chi connectivity index (χ0n) is 11.3. The van der Waals surface area contributed by atoms with Crippen molar-refractivity contribution in [1.29, 1.82) is 0 Å². The van der Waals surface area contributed by atoms with E-state index in [4.69, 9.17) is 19.6 Å². The molecule has 0 spiro atoms. The fourth-order valence-corrected chi connectivity index (χ4v) is 1.89. The standard InChI is InChI=1S/C15H19NO3/c1-11-13(8-16)7-15(19-11)10-18-9-12-4-3-5-14(6-12)17-2/h3-7H,8-10,16H2,1-2H3. The van der Waals surface area contributed by atoms with Crippen LogP contribution in [0.3, 0.4) is 0 Å². The van der Waals surface area contributed by atoms with Crippen LogP contribution >= 0.6 is 0 Å². The minimum absolute atomic E-state index is 0.443. The molecule has 0 saturated carbocycles. The van der Waals surface area contributed by atoms with E-state index in [0.717, 1.165) is 28.4 Å². The summed E-state index contributed by atoms with van der Waals surface area (Å²) in [7, 11) is 1.65. The Morgan fingerprint density at radius 3 is 2.74 bits per heavy atom. The van der Waals surface area contributed by atoms with Crippen molar-refractivity contribution in [2.24, 2.45) is 5.73 Å². The van der Waals surface area contributed by atoms with Gasteiger partial charge in [0.25, 0.3) is 0 Å². The second kappa shape index (κ2) is 6.41. The fraction of sp³-hybridized carbons (Fsp3) is 0.333. The molecule has 4 nitrogen and oxygen atoms in total. The monoisotopic (exact) mass is 261 g/mol.